The molecule has 0 bridgehead atoms. The summed E-state index contributed by atoms with van der Waals surface area (Å²) in [6, 6.07) is 8.17. The number of nitrogens with zero attached hydrogens (tertiary/aromatic N) is 2. The summed E-state index contributed by atoms with van der Waals surface area (Å²) in [5.74, 6) is 0. The summed E-state index contributed by atoms with van der Waals surface area (Å²) in [6.45, 7) is 2.93. The number of fused-ring (bicyclic) bond motifs is 1. The van der Waals surface area contributed by atoms with Crippen molar-refractivity contribution in [3.8, 4) is 0 Å². The van der Waals surface area contributed by atoms with E-state index < -0.39 is 0 Å². The number of para-hydroxylation sites is 2. The molecule has 2 rings (SSSR count). The minimum absolute atomic E-state index is 0.900. The summed E-state index contributed by atoms with van der Waals surface area (Å²) in [6.07, 6.45) is 6.05. The van der Waals surface area contributed by atoms with Gasteiger partial charge >= 0.3 is 0 Å². The molecule has 0 spiro atoms. The maximum absolute atomic E-state index is 4.30. The molecule has 66 valence electrons. The molecule has 0 radical (unpaired) electrons. The topological polar surface area (TPSA) is 17.8 Å². The zero-order valence-corrected chi connectivity index (χ0v) is 7.64. The number of hydrogen-bond acceptors (Lipinski definition) is 1. The van der Waals surface area contributed by atoms with Gasteiger partial charge in [0.2, 0.25) is 0 Å². The van der Waals surface area contributed by atoms with E-state index >= 15 is 0 Å². The minimum atomic E-state index is 0.900. The van der Waals surface area contributed by atoms with Crippen molar-refractivity contribution in [2.24, 2.45) is 0 Å². The monoisotopic (exact) mass is 172 g/mol. The predicted octanol–water partition coefficient (Wildman–Crippen LogP) is 2.61. The lowest BCUT2D eigenvalue weighted by molar-refractivity contribution is 0.848. The smallest absolute Gasteiger partial charge is 0.0961 e. The molecule has 1 aromatic heterocycles. The van der Waals surface area contributed by atoms with Crippen LogP contribution in [0.15, 0.2) is 42.7 Å². The van der Waals surface area contributed by atoms with Crippen molar-refractivity contribution in [2.45, 2.75) is 13.5 Å². The Kier molecular flexibility index (Phi) is 2.13. The molecule has 2 nitrogen and oxygen atoms in total. The van der Waals surface area contributed by atoms with Crippen LogP contribution < -0.4 is 0 Å². The number of imidazole rings is 1. The minimum Gasteiger partial charge on any atom is -0.327 e. The van der Waals surface area contributed by atoms with Gasteiger partial charge in [-0.3, -0.25) is 0 Å². The Balaban J connectivity index is 2.45. The quantitative estimate of drug-likeness (QED) is 0.637. The van der Waals surface area contributed by atoms with Crippen molar-refractivity contribution in [1.82, 2.24) is 9.55 Å². The first-order chi connectivity index (χ1) is 6.42. The highest BCUT2D eigenvalue weighted by Crippen LogP contribution is 2.11. The average Bonchev–Trinajstić information content (AvgIpc) is 2.58. The zero-order valence-electron chi connectivity index (χ0n) is 7.64. The Morgan fingerprint density at radius 1 is 1.38 bits per heavy atom. The van der Waals surface area contributed by atoms with Crippen LogP contribution in [-0.4, -0.2) is 9.55 Å². The number of hydrogen-bond donors (Lipinski definition) is 0. The largest absolute Gasteiger partial charge is 0.327 e. The molecular formula is C11H12N2. The van der Waals surface area contributed by atoms with Crippen molar-refractivity contribution in [2.75, 3.05) is 0 Å². The lowest BCUT2D eigenvalue weighted by Gasteiger charge is -1.97. The molecule has 0 saturated carbocycles. The maximum Gasteiger partial charge on any atom is 0.0961 e. The molecule has 2 heteroatoms. The first kappa shape index (κ1) is 8.05. The molecule has 0 amide bonds. The highest BCUT2D eigenvalue weighted by molar-refractivity contribution is 5.74. The number of benzene rings is 1. The fourth-order valence-corrected chi connectivity index (χ4v) is 1.37. The standard InChI is InChI=1S/C11H12N2/c1-2-3-8-13-9-12-10-6-4-5-7-11(10)13/h2-7,9H,8H2,1H3/b3-2-. The summed E-state index contributed by atoms with van der Waals surface area (Å²) in [4.78, 5) is 4.30. The summed E-state index contributed by atoms with van der Waals surface area (Å²) in [5, 5.41) is 0. The molecular weight excluding hydrogens is 160 g/mol. The van der Waals surface area contributed by atoms with Crippen molar-refractivity contribution in [3.05, 3.63) is 42.7 Å². The van der Waals surface area contributed by atoms with Gasteiger partial charge in [0.15, 0.2) is 0 Å². The van der Waals surface area contributed by atoms with E-state index in [9.17, 15) is 0 Å². The zero-order chi connectivity index (χ0) is 9.10. The Morgan fingerprint density at radius 2 is 2.23 bits per heavy atom. The molecule has 0 atom stereocenters. The molecule has 2 aromatic rings. The van der Waals surface area contributed by atoms with Crippen LogP contribution in [0.2, 0.25) is 0 Å². The van der Waals surface area contributed by atoms with E-state index in [-0.39, 0.29) is 0 Å². The fraction of sp³-hybridized carbons (Fsp3) is 0.182. The normalized spacial score (nSPS) is 11.5. The van der Waals surface area contributed by atoms with Crippen molar-refractivity contribution >= 4 is 11.0 Å². The first-order valence-corrected chi connectivity index (χ1v) is 4.43. The Hall–Kier alpha value is -1.57. The van der Waals surface area contributed by atoms with E-state index in [4.69, 9.17) is 0 Å². The molecule has 0 aliphatic heterocycles. The van der Waals surface area contributed by atoms with E-state index in [0.29, 0.717) is 0 Å². The summed E-state index contributed by atoms with van der Waals surface area (Å²) >= 11 is 0. The first-order valence-electron chi connectivity index (χ1n) is 4.43. The van der Waals surface area contributed by atoms with Crippen molar-refractivity contribution < 1.29 is 0 Å². The van der Waals surface area contributed by atoms with Gasteiger partial charge in [0.05, 0.1) is 17.4 Å². The summed E-state index contributed by atoms with van der Waals surface area (Å²) in [7, 11) is 0. The lowest BCUT2D eigenvalue weighted by Crippen LogP contribution is -1.91. The van der Waals surface area contributed by atoms with Crippen LogP contribution in [-0.2, 0) is 6.54 Å². The van der Waals surface area contributed by atoms with Gasteiger partial charge in [-0.15, -0.1) is 0 Å². The molecule has 13 heavy (non-hydrogen) atoms. The summed E-state index contributed by atoms with van der Waals surface area (Å²) < 4.78 is 2.13. The Labute approximate surface area is 77.5 Å². The third kappa shape index (κ3) is 1.47. The van der Waals surface area contributed by atoms with Gasteiger partial charge in [0, 0.05) is 6.54 Å². The second kappa shape index (κ2) is 3.44. The molecule has 1 aromatic carbocycles. The van der Waals surface area contributed by atoms with Gasteiger partial charge in [-0.1, -0.05) is 24.3 Å². The molecule has 0 aliphatic carbocycles. The third-order valence-corrected chi connectivity index (χ3v) is 2.07. The number of allylic oxidation sites excluding steroid dienone is 2. The fourth-order valence-electron chi connectivity index (χ4n) is 1.37. The van der Waals surface area contributed by atoms with Crippen molar-refractivity contribution in [1.29, 1.82) is 0 Å². The third-order valence-electron chi connectivity index (χ3n) is 2.07. The average molecular weight is 172 g/mol. The van der Waals surface area contributed by atoms with Crippen LogP contribution in [0.5, 0.6) is 0 Å². The number of aromatic nitrogens is 2. The number of rotatable bonds is 2. The van der Waals surface area contributed by atoms with E-state index in [1.54, 1.807) is 0 Å². The van der Waals surface area contributed by atoms with Gasteiger partial charge in [-0.25, -0.2) is 4.98 Å². The van der Waals surface area contributed by atoms with Gasteiger partial charge in [-0.2, -0.15) is 0 Å². The van der Waals surface area contributed by atoms with Gasteiger partial charge < -0.3 is 4.57 Å². The van der Waals surface area contributed by atoms with Crippen LogP contribution in [0.4, 0.5) is 0 Å². The second-order valence-corrected chi connectivity index (χ2v) is 2.95. The van der Waals surface area contributed by atoms with E-state index in [0.717, 1.165) is 12.1 Å². The highest BCUT2D eigenvalue weighted by atomic mass is 15.0. The SMILES string of the molecule is C/C=C\Cn1cnc2ccccc21. The van der Waals surface area contributed by atoms with E-state index in [1.165, 1.54) is 5.52 Å². The molecule has 0 unspecified atom stereocenters. The van der Waals surface area contributed by atoms with Gasteiger partial charge in [0.25, 0.3) is 0 Å². The van der Waals surface area contributed by atoms with Gasteiger partial charge in [-0.05, 0) is 19.1 Å². The van der Waals surface area contributed by atoms with Crippen molar-refractivity contribution in [3.63, 3.8) is 0 Å². The van der Waals surface area contributed by atoms with Crippen LogP contribution in [0.1, 0.15) is 6.92 Å². The van der Waals surface area contributed by atoms with Crippen LogP contribution in [0, 0.1) is 0 Å². The lowest BCUT2D eigenvalue weighted by atomic mass is 10.3. The maximum atomic E-state index is 4.30. The molecule has 0 saturated heterocycles. The molecule has 0 N–H and O–H groups in total. The van der Waals surface area contributed by atoms with E-state index in [2.05, 4.69) is 27.8 Å². The summed E-state index contributed by atoms with van der Waals surface area (Å²) in [5.41, 5.74) is 2.26. The Morgan fingerprint density at radius 3 is 3.08 bits per heavy atom. The Bertz CT molecular complexity index is 426. The second-order valence-electron chi connectivity index (χ2n) is 2.95. The highest BCUT2D eigenvalue weighted by Gasteiger charge is 1.97. The molecule has 0 aliphatic rings. The van der Waals surface area contributed by atoms with E-state index in [1.807, 2.05) is 31.5 Å². The van der Waals surface area contributed by atoms with Crippen LogP contribution in [0.25, 0.3) is 11.0 Å². The molecule has 0 fully saturated rings. The van der Waals surface area contributed by atoms with Gasteiger partial charge in [0.1, 0.15) is 0 Å². The van der Waals surface area contributed by atoms with Crippen LogP contribution >= 0.6 is 0 Å². The predicted molar refractivity (Wildman–Crippen MR) is 54.5 cm³/mol. The molecule has 1 heterocycles. The van der Waals surface area contributed by atoms with Crippen LogP contribution in [0.3, 0.4) is 0 Å².